The first kappa shape index (κ1) is 12.6. The zero-order valence-electron chi connectivity index (χ0n) is 10.8. The lowest BCUT2D eigenvalue weighted by molar-refractivity contribution is 0.252. The van der Waals surface area contributed by atoms with Gasteiger partial charge in [0.15, 0.2) is 0 Å². The first-order valence-corrected chi connectivity index (χ1v) is 6.82. The Morgan fingerprint density at radius 1 is 1.24 bits per heavy atom. The van der Waals surface area contributed by atoms with Gasteiger partial charge >= 0.3 is 0 Å². The van der Waals surface area contributed by atoms with Crippen LogP contribution in [0, 0.1) is 0 Å². The van der Waals surface area contributed by atoms with Gasteiger partial charge in [0.2, 0.25) is 0 Å². The summed E-state index contributed by atoms with van der Waals surface area (Å²) < 4.78 is 0. The van der Waals surface area contributed by atoms with E-state index in [9.17, 15) is 0 Å². The van der Waals surface area contributed by atoms with Gasteiger partial charge in [-0.2, -0.15) is 0 Å². The molecule has 0 saturated heterocycles. The molecule has 2 nitrogen and oxygen atoms in total. The molecule has 1 aromatic carbocycles. The van der Waals surface area contributed by atoms with Crippen molar-refractivity contribution < 1.29 is 0 Å². The van der Waals surface area contributed by atoms with Crippen LogP contribution in [0.3, 0.4) is 0 Å². The van der Waals surface area contributed by atoms with Crippen molar-refractivity contribution in [3.63, 3.8) is 0 Å². The molecule has 1 aliphatic rings. The number of hydrogen-bond donors (Lipinski definition) is 2. The quantitative estimate of drug-likeness (QED) is 0.837. The van der Waals surface area contributed by atoms with Gasteiger partial charge in [-0.1, -0.05) is 37.3 Å². The third-order valence-electron chi connectivity index (χ3n) is 3.91. The van der Waals surface area contributed by atoms with Crippen LogP contribution in [0.4, 0.5) is 0 Å². The second kappa shape index (κ2) is 5.65. The summed E-state index contributed by atoms with van der Waals surface area (Å²) in [6.45, 7) is 3.35. The van der Waals surface area contributed by atoms with Gasteiger partial charge in [0, 0.05) is 11.6 Å². The molecule has 2 heteroatoms. The van der Waals surface area contributed by atoms with Crippen molar-refractivity contribution in [2.45, 2.75) is 50.6 Å². The van der Waals surface area contributed by atoms with E-state index in [2.05, 4.69) is 42.6 Å². The molecule has 2 rings (SSSR count). The maximum absolute atomic E-state index is 6.54. The minimum atomic E-state index is -0.0916. The second-order valence-corrected chi connectivity index (χ2v) is 5.25. The minimum absolute atomic E-state index is 0.0916. The van der Waals surface area contributed by atoms with E-state index in [1.807, 2.05) is 0 Å². The molecule has 0 heterocycles. The summed E-state index contributed by atoms with van der Waals surface area (Å²) in [5, 5.41) is 3.60. The van der Waals surface area contributed by atoms with Gasteiger partial charge < -0.3 is 11.1 Å². The van der Waals surface area contributed by atoms with E-state index in [0.717, 1.165) is 19.4 Å². The predicted molar refractivity (Wildman–Crippen MR) is 72.9 cm³/mol. The number of nitrogens with two attached hydrogens (primary N) is 1. The van der Waals surface area contributed by atoms with E-state index in [-0.39, 0.29) is 5.54 Å². The molecule has 1 aliphatic carbocycles. The number of benzene rings is 1. The van der Waals surface area contributed by atoms with Crippen LogP contribution in [0.1, 0.15) is 44.6 Å². The fourth-order valence-corrected chi connectivity index (χ4v) is 2.74. The summed E-state index contributed by atoms with van der Waals surface area (Å²) in [4.78, 5) is 0. The molecule has 1 fully saturated rings. The van der Waals surface area contributed by atoms with E-state index in [1.165, 1.54) is 24.8 Å². The van der Waals surface area contributed by atoms with Crippen molar-refractivity contribution in [1.29, 1.82) is 0 Å². The molecule has 0 radical (unpaired) electrons. The van der Waals surface area contributed by atoms with Gasteiger partial charge in [0.1, 0.15) is 0 Å². The summed E-state index contributed by atoms with van der Waals surface area (Å²) in [6, 6.07) is 11.2. The van der Waals surface area contributed by atoms with Gasteiger partial charge in [-0.15, -0.1) is 0 Å². The molecule has 3 N–H and O–H groups in total. The first-order chi connectivity index (χ1) is 8.24. The molecule has 0 spiro atoms. The average molecular weight is 232 g/mol. The Bertz CT molecular complexity index is 326. The van der Waals surface area contributed by atoms with Gasteiger partial charge in [0.05, 0.1) is 0 Å². The Labute approximate surface area is 105 Å². The maximum Gasteiger partial charge on any atom is 0.0410 e. The minimum Gasteiger partial charge on any atom is -0.321 e. The van der Waals surface area contributed by atoms with E-state index in [1.54, 1.807) is 0 Å². The zero-order valence-corrected chi connectivity index (χ0v) is 10.8. The molecule has 94 valence electrons. The smallest absolute Gasteiger partial charge is 0.0410 e. The van der Waals surface area contributed by atoms with Crippen LogP contribution >= 0.6 is 0 Å². The molecule has 0 aliphatic heterocycles. The summed E-state index contributed by atoms with van der Waals surface area (Å²) in [6.07, 6.45) is 5.80. The topological polar surface area (TPSA) is 38.0 Å². The molecule has 0 aromatic heterocycles. The van der Waals surface area contributed by atoms with Crippen molar-refractivity contribution in [1.82, 2.24) is 5.32 Å². The highest BCUT2D eigenvalue weighted by Crippen LogP contribution is 2.34. The highest BCUT2D eigenvalue weighted by molar-refractivity contribution is 5.24. The monoisotopic (exact) mass is 232 g/mol. The molecule has 0 atom stereocenters. The van der Waals surface area contributed by atoms with Crippen molar-refractivity contribution in [2.75, 3.05) is 6.54 Å². The van der Waals surface area contributed by atoms with Gasteiger partial charge in [0.25, 0.3) is 0 Å². The largest absolute Gasteiger partial charge is 0.321 e. The summed E-state index contributed by atoms with van der Waals surface area (Å²) in [7, 11) is 0. The van der Waals surface area contributed by atoms with Crippen LogP contribution in [0.5, 0.6) is 0 Å². The number of hydrogen-bond acceptors (Lipinski definition) is 2. The number of nitrogens with one attached hydrogen (secondary N) is 1. The summed E-state index contributed by atoms with van der Waals surface area (Å²) in [5.41, 5.74) is 7.75. The van der Waals surface area contributed by atoms with Crippen molar-refractivity contribution in [2.24, 2.45) is 5.73 Å². The lowest BCUT2D eigenvalue weighted by Gasteiger charge is -2.38. The molecule has 17 heavy (non-hydrogen) atoms. The van der Waals surface area contributed by atoms with Crippen molar-refractivity contribution >= 4 is 0 Å². The highest BCUT2D eigenvalue weighted by Gasteiger charge is 2.32. The van der Waals surface area contributed by atoms with E-state index in [0.29, 0.717) is 6.04 Å². The Balaban J connectivity index is 1.93. The Hall–Kier alpha value is -0.860. The van der Waals surface area contributed by atoms with Crippen molar-refractivity contribution in [3.8, 4) is 0 Å². The number of rotatable bonds is 4. The molecular formula is C15H24N2. The lowest BCUT2D eigenvalue weighted by atomic mass is 9.76. The highest BCUT2D eigenvalue weighted by atomic mass is 14.9. The van der Waals surface area contributed by atoms with Crippen LogP contribution in [-0.4, -0.2) is 12.6 Å². The van der Waals surface area contributed by atoms with E-state index >= 15 is 0 Å². The predicted octanol–water partition coefficient (Wildman–Crippen LogP) is 2.78. The fourth-order valence-electron chi connectivity index (χ4n) is 2.74. The standard InChI is InChI=1S/C15H24N2/c1-2-12-17-14-8-10-15(16,11-9-14)13-6-4-3-5-7-13/h3-7,14,17H,2,8-12,16H2,1H3. The molecule has 1 saturated carbocycles. The Morgan fingerprint density at radius 3 is 2.47 bits per heavy atom. The van der Waals surface area contributed by atoms with Crippen LogP contribution in [0.2, 0.25) is 0 Å². The van der Waals surface area contributed by atoms with Crippen LogP contribution in [-0.2, 0) is 5.54 Å². The molecule has 1 aromatic rings. The Kier molecular flexibility index (Phi) is 4.19. The van der Waals surface area contributed by atoms with Crippen LogP contribution < -0.4 is 11.1 Å². The van der Waals surface area contributed by atoms with E-state index < -0.39 is 0 Å². The summed E-state index contributed by atoms with van der Waals surface area (Å²) in [5.74, 6) is 0. The lowest BCUT2D eigenvalue weighted by Crippen LogP contribution is -2.45. The van der Waals surface area contributed by atoms with Gasteiger partial charge in [-0.05, 0) is 44.2 Å². The normalized spacial score (nSPS) is 29.2. The van der Waals surface area contributed by atoms with E-state index in [4.69, 9.17) is 5.73 Å². The van der Waals surface area contributed by atoms with Gasteiger partial charge in [-0.3, -0.25) is 0 Å². The van der Waals surface area contributed by atoms with Gasteiger partial charge in [-0.25, -0.2) is 0 Å². The van der Waals surface area contributed by atoms with Crippen LogP contribution in [0.15, 0.2) is 30.3 Å². The maximum atomic E-state index is 6.54. The SMILES string of the molecule is CCCNC1CCC(N)(c2ccccc2)CC1. The van der Waals surface area contributed by atoms with Crippen molar-refractivity contribution in [3.05, 3.63) is 35.9 Å². The average Bonchev–Trinajstić information content (AvgIpc) is 2.39. The fraction of sp³-hybridized carbons (Fsp3) is 0.600. The zero-order chi connectivity index (χ0) is 12.1. The molecule has 0 amide bonds. The Morgan fingerprint density at radius 2 is 1.88 bits per heavy atom. The third-order valence-corrected chi connectivity index (χ3v) is 3.91. The third kappa shape index (κ3) is 3.08. The first-order valence-electron chi connectivity index (χ1n) is 6.82. The molecular weight excluding hydrogens is 208 g/mol. The molecule has 0 unspecified atom stereocenters. The summed E-state index contributed by atoms with van der Waals surface area (Å²) >= 11 is 0. The second-order valence-electron chi connectivity index (χ2n) is 5.25. The molecule has 0 bridgehead atoms. The van der Waals surface area contributed by atoms with Crippen LogP contribution in [0.25, 0.3) is 0 Å².